The van der Waals surface area contributed by atoms with Gasteiger partial charge in [0.1, 0.15) is 11.9 Å². The minimum Gasteiger partial charge on any atom is -0.483 e. The number of nitrogens with zero attached hydrogens (tertiary/aromatic N) is 6. The molecule has 4 heterocycles. The molecule has 2 aliphatic rings. The highest BCUT2D eigenvalue weighted by Gasteiger charge is 2.40. The molecule has 1 aromatic carbocycles. The quantitative estimate of drug-likeness (QED) is 0.401. The highest BCUT2D eigenvalue weighted by Crippen LogP contribution is 2.34. The van der Waals surface area contributed by atoms with Crippen LogP contribution >= 0.6 is 0 Å². The molecule has 0 bridgehead atoms. The summed E-state index contributed by atoms with van der Waals surface area (Å²) in [7, 11) is 0. The number of urea groups is 1. The molecule has 1 fully saturated rings. The molecule has 5 rings (SSSR count). The molecule has 0 saturated carbocycles. The second kappa shape index (κ2) is 9.43. The minimum absolute atomic E-state index is 0.0559. The summed E-state index contributed by atoms with van der Waals surface area (Å²) in [6.45, 7) is 3.35. The van der Waals surface area contributed by atoms with Gasteiger partial charge in [0.2, 0.25) is 0 Å². The van der Waals surface area contributed by atoms with Crippen molar-refractivity contribution in [3.8, 4) is 11.6 Å². The van der Waals surface area contributed by atoms with E-state index in [-0.39, 0.29) is 42.2 Å². The van der Waals surface area contributed by atoms with E-state index in [1.165, 1.54) is 21.9 Å². The first-order valence-corrected chi connectivity index (χ1v) is 11.5. The van der Waals surface area contributed by atoms with Gasteiger partial charge < -0.3 is 15.4 Å². The van der Waals surface area contributed by atoms with Crippen LogP contribution in [-0.4, -0.2) is 62.0 Å². The fourth-order valence-electron chi connectivity index (χ4n) is 4.51. The summed E-state index contributed by atoms with van der Waals surface area (Å²) >= 11 is 0. The highest BCUT2D eigenvalue weighted by atomic mass is 19.2. The van der Waals surface area contributed by atoms with Crippen molar-refractivity contribution in [2.24, 2.45) is 10.8 Å². The fraction of sp³-hybridized carbons (Fsp3) is 0.292. The van der Waals surface area contributed by atoms with Gasteiger partial charge in [0.05, 0.1) is 42.3 Å². The van der Waals surface area contributed by atoms with Crippen LogP contribution in [0.15, 0.2) is 29.5 Å². The van der Waals surface area contributed by atoms with Gasteiger partial charge in [-0.1, -0.05) is 0 Å². The number of hydrogen-bond acceptors (Lipinski definition) is 6. The van der Waals surface area contributed by atoms with Gasteiger partial charge in [-0.3, -0.25) is 4.79 Å². The number of nitrogens with two attached hydrogens (primary N) is 1. The number of primary amides is 1. The van der Waals surface area contributed by atoms with E-state index in [2.05, 4.69) is 15.2 Å². The number of carbonyl (C=O) groups is 2. The monoisotopic (exact) mass is 531 g/mol. The van der Waals surface area contributed by atoms with Crippen LogP contribution in [0.3, 0.4) is 0 Å². The number of amides is 3. The third-order valence-electron chi connectivity index (χ3n) is 6.38. The predicted molar refractivity (Wildman–Crippen MR) is 125 cm³/mol. The number of rotatable bonds is 5. The van der Waals surface area contributed by atoms with Gasteiger partial charge in [0, 0.05) is 30.3 Å². The average molecular weight is 531 g/mol. The summed E-state index contributed by atoms with van der Waals surface area (Å²) in [5, 5.41) is 9.15. The van der Waals surface area contributed by atoms with Crippen LogP contribution in [0.2, 0.25) is 0 Å². The van der Waals surface area contributed by atoms with E-state index < -0.39 is 47.4 Å². The van der Waals surface area contributed by atoms with E-state index in [0.717, 1.165) is 17.3 Å². The molecule has 198 valence electrons. The summed E-state index contributed by atoms with van der Waals surface area (Å²) in [5.41, 5.74) is 6.13. The smallest absolute Gasteiger partial charge is 0.341 e. The lowest BCUT2D eigenvalue weighted by Gasteiger charge is -2.41. The van der Waals surface area contributed by atoms with E-state index in [9.17, 15) is 27.2 Å². The molecule has 3 aromatic rings. The molecule has 0 radical (unpaired) electrons. The molecule has 0 spiro atoms. The zero-order valence-corrected chi connectivity index (χ0v) is 20.2. The maximum Gasteiger partial charge on any atom is 0.341 e. The normalized spacial score (nSPS) is 17.2. The van der Waals surface area contributed by atoms with E-state index >= 15 is 0 Å². The number of benzene rings is 1. The predicted octanol–water partition coefficient (Wildman–Crippen LogP) is 3.16. The minimum atomic E-state index is -1.36. The fourth-order valence-corrected chi connectivity index (χ4v) is 4.51. The van der Waals surface area contributed by atoms with Crippen molar-refractivity contribution in [2.75, 3.05) is 13.1 Å². The van der Waals surface area contributed by atoms with Crippen molar-refractivity contribution in [1.82, 2.24) is 24.7 Å². The van der Waals surface area contributed by atoms with E-state index in [1.807, 2.05) is 0 Å². The van der Waals surface area contributed by atoms with Crippen LogP contribution in [0.1, 0.15) is 39.8 Å². The van der Waals surface area contributed by atoms with Crippen molar-refractivity contribution < 1.29 is 31.9 Å². The summed E-state index contributed by atoms with van der Waals surface area (Å²) in [5.74, 6) is -4.93. The second-order valence-corrected chi connectivity index (χ2v) is 8.91. The Morgan fingerprint density at radius 3 is 2.50 bits per heavy atom. The Morgan fingerprint density at radius 2 is 1.82 bits per heavy atom. The standard InChI is InChI=1S/C24H21F4N7O3/c1-11-21(23(29)36)12(2)34(32-11)20-7-19(17(27)8-30-20)38-14-9-33(10-14)24(37)35-18(3-4-31-35)15-5-13(25)6-16(26)22(15)28/h4-8,14,18H,3,9-10H2,1-2H3,(H2,29,36)/t18-/m1/s1. The summed E-state index contributed by atoms with van der Waals surface area (Å²) in [6.07, 6.45) is 1.80. The number of hydrogen-bond donors (Lipinski definition) is 1. The molecular formula is C24H21F4N7O3. The van der Waals surface area contributed by atoms with Crippen molar-refractivity contribution in [1.29, 1.82) is 0 Å². The Morgan fingerprint density at radius 1 is 1.08 bits per heavy atom. The lowest BCUT2D eigenvalue weighted by atomic mass is 10.0. The molecule has 38 heavy (non-hydrogen) atoms. The molecule has 10 nitrogen and oxygen atoms in total. The van der Waals surface area contributed by atoms with Gasteiger partial charge in [-0.25, -0.2) is 37.0 Å². The number of pyridine rings is 1. The SMILES string of the molecule is Cc1nn(-c2cc(OC3CN(C(=O)N4N=CC[C@@H]4c4cc(F)cc(F)c4F)C3)c(F)cn2)c(C)c1C(N)=O. The van der Waals surface area contributed by atoms with Crippen LogP contribution in [0.5, 0.6) is 5.75 Å². The zero-order chi connectivity index (χ0) is 27.3. The van der Waals surface area contributed by atoms with Gasteiger partial charge in [0.25, 0.3) is 5.91 Å². The third-order valence-corrected chi connectivity index (χ3v) is 6.38. The van der Waals surface area contributed by atoms with Gasteiger partial charge in [-0.05, 0) is 19.9 Å². The van der Waals surface area contributed by atoms with Crippen LogP contribution in [0.4, 0.5) is 22.4 Å². The Hall–Kier alpha value is -4.49. The lowest BCUT2D eigenvalue weighted by Crippen LogP contribution is -2.59. The molecule has 2 N–H and O–H groups in total. The van der Waals surface area contributed by atoms with Gasteiger partial charge in [-0.2, -0.15) is 10.2 Å². The molecular weight excluding hydrogens is 510 g/mol. The number of aromatic nitrogens is 3. The Balaban J connectivity index is 1.27. The molecule has 1 saturated heterocycles. The lowest BCUT2D eigenvalue weighted by molar-refractivity contribution is 0.0254. The summed E-state index contributed by atoms with van der Waals surface area (Å²) in [4.78, 5) is 30.0. The summed E-state index contributed by atoms with van der Waals surface area (Å²) < 4.78 is 63.3. The first-order chi connectivity index (χ1) is 18.0. The van der Waals surface area contributed by atoms with Crippen LogP contribution in [0.25, 0.3) is 5.82 Å². The van der Waals surface area contributed by atoms with Crippen molar-refractivity contribution in [3.63, 3.8) is 0 Å². The van der Waals surface area contributed by atoms with E-state index in [1.54, 1.807) is 13.8 Å². The number of ether oxygens (including phenoxy) is 1. The largest absolute Gasteiger partial charge is 0.483 e. The molecule has 0 aliphatic carbocycles. The number of carbonyl (C=O) groups excluding carboxylic acids is 2. The maximum atomic E-state index is 14.5. The van der Waals surface area contributed by atoms with Crippen molar-refractivity contribution >= 4 is 18.2 Å². The van der Waals surface area contributed by atoms with E-state index in [0.29, 0.717) is 17.5 Å². The molecule has 2 aromatic heterocycles. The summed E-state index contributed by atoms with van der Waals surface area (Å²) in [6, 6.07) is 0.933. The number of aryl methyl sites for hydroxylation is 1. The van der Waals surface area contributed by atoms with E-state index in [4.69, 9.17) is 10.5 Å². The topological polar surface area (TPSA) is 119 Å². The van der Waals surface area contributed by atoms with Gasteiger partial charge >= 0.3 is 6.03 Å². The third kappa shape index (κ3) is 4.31. The average Bonchev–Trinajstić information content (AvgIpc) is 3.43. The Kier molecular flexibility index (Phi) is 6.25. The van der Waals surface area contributed by atoms with Crippen LogP contribution in [-0.2, 0) is 0 Å². The van der Waals surface area contributed by atoms with Crippen LogP contribution in [0, 0.1) is 37.1 Å². The first-order valence-electron chi connectivity index (χ1n) is 11.5. The van der Waals surface area contributed by atoms with Crippen LogP contribution < -0.4 is 10.5 Å². The Labute approximate surface area is 213 Å². The first kappa shape index (κ1) is 25.2. The van der Waals surface area contributed by atoms with Crippen molar-refractivity contribution in [3.05, 3.63) is 70.2 Å². The molecule has 2 aliphatic heterocycles. The van der Waals surface area contributed by atoms with Gasteiger partial charge in [-0.15, -0.1) is 0 Å². The molecule has 1 atom stereocenters. The number of hydrazone groups is 1. The Bertz CT molecular complexity index is 1490. The zero-order valence-electron chi connectivity index (χ0n) is 20.2. The van der Waals surface area contributed by atoms with Gasteiger partial charge in [0.15, 0.2) is 29.0 Å². The van der Waals surface area contributed by atoms with Crippen molar-refractivity contribution in [2.45, 2.75) is 32.4 Å². The number of likely N-dealkylation sites (tertiary alicyclic amines) is 1. The molecule has 3 amide bonds. The number of halogens is 4. The molecule has 14 heteroatoms. The maximum absolute atomic E-state index is 14.5. The second-order valence-electron chi connectivity index (χ2n) is 8.91. The highest BCUT2D eigenvalue weighted by molar-refractivity contribution is 5.95. The molecule has 0 unspecified atom stereocenters.